The zero-order valence-electron chi connectivity index (χ0n) is 10.8. The van der Waals surface area contributed by atoms with Crippen molar-refractivity contribution in [3.63, 3.8) is 0 Å². The Morgan fingerprint density at radius 1 is 1.44 bits per heavy atom. The third-order valence-electron chi connectivity index (χ3n) is 3.87. The van der Waals surface area contributed by atoms with Gasteiger partial charge in [0.15, 0.2) is 0 Å². The molecule has 18 heavy (non-hydrogen) atoms. The molecule has 1 saturated carbocycles. The van der Waals surface area contributed by atoms with Crippen molar-refractivity contribution >= 4 is 11.6 Å². The number of benzene rings is 1. The molecular weight excluding hydrogens is 248 g/mol. The molecule has 4 heteroatoms. The lowest BCUT2D eigenvalue weighted by molar-refractivity contribution is 0.352. The van der Waals surface area contributed by atoms with Gasteiger partial charge in [0.2, 0.25) is 0 Å². The van der Waals surface area contributed by atoms with Crippen LogP contribution in [-0.4, -0.2) is 13.2 Å². The van der Waals surface area contributed by atoms with Crippen LogP contribution in [0.15, 0.2) is 18.2 Å². The first-order valence-electron chi connectivity index (χ1n) is 6.53. The molecule has 0 bridgehead atoms. The highest BCUT2D eigenvalue weighted by atomic mass is 35.5. The number of halogens is 1. The minimum Gasteiger partial charge on any atom is -0.496 e. The highest BCUT2D eigenvalue weighted by Gasteiger charge is 2.25. The summed E-state index contributed by atoms with van der Waals surface area (Å²) in [6.45, 7) is 0. The Kier molecular flexibility index (Phi) is 4.87. The molecule has 1 atom stereocenters. The fraction of sp³-hybridized carbons (Fsp3) is 0.571. The molecule has 1 unspecified atom stereocenters. The van der Waals surface area contributed by atoms with Gasteiger partial charge in [0.05, 0.1) is 7.11 Å². The lowest BCUT2D eigenvalue weighted by atomic mass is 9.92. The Morgan fingerprint density at radius 3 is 2.78 bits per heavy atom. The Bertz CT molecular complexity index is 391. The lowest BCUT2D eigenvalue weighted by Gasteiger charge is -2.23. The van der Waals surface area contributed by atoms with Crippen molar-refractivity contribution in [3.05, 3.63) is 28.8 Å². The minimum atomic E-state index is 0.305. The second kappa shape index (κ2) is 6.41. The maximum absolute atomic E-state index is 6.05. The van der Waals surface area contributed by atoms with Gasteiger partial charge in [-0.25, -0.2) is 0 Å². The van der Waals surface area contributed by atoms with Crippen molar-refractivity contribution in [1.29, 1.82) is 0 Å². The third kappa shape index (κ3) is 3.16. The monoisotopic (exact) mass is 268 g/mol. The molecule has 3 N–H and O–H groups in total. The van der Waals surface area contributed by atoms with Crippen molar-refractivity contribution in [3.8, 4) is 5.75 Å². The van der Waals surface area contributed by atoms with Gasteiger partial charge in [-0.15, -0.1) is 0 Å². The van der Waals surface area contributed by atoms with Crippen LogP contribution in [0.1, 0.15) is 31.2 Å². The standard InChI is InChI=1S/C14H21ClN2O/c1-18-14-7-6-12(15)8-11(14)9-13(17-16)10-4-2-3-5-10/h6-8,10,13,17H,2-5,9,16H2,1H3. The average Bonchev–Trinajstić information content (AvgIpc) is 2.90. The molecular formula is C14H21ClN2O. The van der Waals surface area contributed by atoms with E-state index in [1.54, 1.807) is 7.11 Å². The summed E-state index contributed by atoms with van der Waals surface area (Å²) in [6.07, 6.45) is 6.02. The molecule has 0 heterocycles. The van der Waals surface area contributed by atoms with Gasteiger partial charge in [-0.05, 0) is 48.9 Å². The van der Waals surface area contributed by atoms with E-state index in [2.05, 4.69) is 5.43 Å². The normalized spacial score (nSPS) is 17.9. The summed E-state index contributed by atoms with van der Waals surface area (Å²) < 4.78 is 5.38. The van der Waals surface area contributed by atoms with E-state index in [0.717, 1.165) is 22.8 Å². The maximum Gasteiger partial charge on any atom is 0.122 e. The topological polar surface area (TPSA) is 47.3 Å². The van der Waals surface area contributed by atoms with Gasteiger partial charge in [0, 0.05) is 11.1 Å². The van der Waals surface area contributed by atoms with Crippen LogP contribution in [0.3, 0.4) is 0 Å². The molecule has 0 amide bonds. The first kappa shape index (κ1) is 13.7. The highest BCUT2D eigenvalue weighted by molar-refractivity contribution is 6.30. The van der Waals surface area contributed by atoms with E-state index >= 15 is 0 Å². The molecule has 0 radical (unpaired) electrons. The summed E-state index contributed by atoms with van der Waals surface area (Å²) >= 11 is 6.05. The van der Waals surface area contributed by atoms with Gasteiger partial charge in [0.25, 0.3) is 0 Å². The predicted octanol–water partition coefficient (Wildman–Crippen LogP) is 2.91. The number of ether oxygens (including phenoxy) is 1. The Hall–Kier alpha value is -0.770. The molecule has 1 aliphatic rings. The second-order valence-electron chi connectivity index (χ2n) is 4.98. The van der Waals surface area contributed by atoms with Crippen LogP contribution >= 0.6 is 11.6 Å². The summed E-state index contributed by atoms with van der Waals surface area (Å²) in [5.41, 5.74) is 4.09. The Balaban J connectivity index is 2.12. The smallest absolute Gasteiger partial charge is 0.122 e. The number of hydrazine groups is 1. The first-order valence-corrected chi connectivity index (χ1v) is 6.91. The molecule has 1 aromatic rings. The van der Waals surface area contributed by atoms with Crippen LogP contribution in [0.4, 0.5) is 0 Å². The molecule has 0 spiro atoms. The van der Waals surface area contributed by atoms with Crippen LogP contribution in [0.2, 0.25) is 5.02 Å². The zero-order chi connectivity index (χ0) is 13.0. The van der Waals surface area contributed by atoms with Crippen molar-refractivity contribution in [2.75, 3.05) is 7.11 Å². The summed E-state index contributed by atoms with van der Waals surface area (Å²) in [5, 5.41) is 0.744. The molecule has 1 aromatic carbocycles. The first-order chi connectivity index (χ1) is 8.74. The maximum atomic E-state index is 6.05. The van der Waals surface area contributed by atoms with Gasteiger partial charge in [0.1, 0.15) is 5.75 Å². The van der Waals surface area contributed by atoms with Gasteiger partial charge < -0.3 is 4.74 Å². The fourth-order valence-electron chi connectivity index (χ4n) is 2.87. The fourth-order valence-corrected chi connectivity index (χ4v) is 3.06. The third-order valence-corrected chi connectivity index (χ3v) is 4.10. The van der Waals surface area contributed by atoms with Gasteiger partial charge in [-0.3, -0.25) is 11.3 Å². The molecule has 1 aliphatic carbocycles. The number of hydrogen-bond acceptors (Lipinski definition) is 3. The number of nitrogens with two attached hydrogens (primary N) is 1. The van der Waals surface area contributed by atoms with E-state index in [-0.39, 0.29) is 0 Å². The predicted molar refractivity (Wildman–Crippen MR) is 74.8 cm³/mol. The van der Waals surface area contributed by atoms with Crippen molar-refractivity contribution in [2.45, 2.75) is 38.1 Å². The minimum absolute atomic E-state index is 0.305. The van der Waals surface area contributed by atoms with E-state index in [4.69, 9.17) is 22.2 Å². The van der Waals surface area contributed by atoms with E-state index in [9.17, 15) is 0 Å². The van der Waals surface area contributed by atoms with Gasteiger partial charge in [-0.1, -0.05) is 24.4 Å². The number of rotatable bonds is 5. The van der Waals surface area contributed by atoms with Gasteiger partial charge >= 0.3 is 0 Å². The van der Waals surface area contributed by atoms with E-state index < -0.39 is 0 Å². The number of hydrogen-bond donors (Lipinski definition) is 2. The highest BCUT2D eigenvalue weighted by Crippen LogP contribution is 2.31. The lowest BCUT2D eigenvalue weighted by Crippen LogP contribution is -2.41. The van der Waals surface area contributed by atoms with Crippen molar-refractivity contribution < 1.29 is 4.74 Å². The van der Waals surface area contributed by atoms with E-state index in [1.807, 2.05) is 18.2 Å². The number of methoxy groups -OCH3 is 1. The van der Waals surface area contributed by atoms with Crippen LogP contribution in [0.5, 0.6) is 5.75 Å². The molecule has 3 nitrogen and oxygen atoms in total. The number of nitrogens with one attached hydrogen (secondary N) is 1. The van der Waals surface area contributed by atoms with Crippen LogP contribution in [0, 0.1) is 5.92 Å². The molecule has 2 rings (SSSR count). The van der Waals surface area contributed by atoms with Gasteiger partial charge in [-0.2, -0.15) is 0 Å². The van der Waals surface area contributed by atoms with Crippen LogP contribution in [-0.2, 0) is 6.42 Å². The Morgan fingerprint density at radius 2 is 2.17 bits per heavy atom. The quantitative estimate of drug-likeness (QED) is 0.638. The average molecular weight is 269 g/mol. The summed E-state index contributed by atoms with van der Waals surface area (Å²) in [5.74, 6) is 7.26. The molecule has 0 saturated heterocycles. The molecule has 1 fully saturated rings. The Labute approximate surface area is 114 Å². The molecule has 0 aliphatic heterocycles. The van der Waals surface area contributed by atoms with Crippen LogP contribution < -0.4 is 16.0 Å². The SMILES string of the molecule is COc1ccc(Cl)cc1CC(NN)C1CCCC1. The van der Waals surface area contributed by atoms with E-state index in [1.165, 1.54) is 25.7 Å². The summed E-state index contributed by atoms with van der Waals surface area (Å²) in [4.78, 5) is 0. The molecule has 0 aromatic heterocycles. The zero-order valence-corrected chi connectivity index (χ0v) is 11.5. The summed E-state index contributed by atoms with van der Waals surface area (Å²) in [6, 6.07) is 6.05. The summed E-state index contributed by atoms with van der Waals surface area (Å²) in [7, 11) is 1.69. The van der Waals surface area contributed by atoms with Crippen molar-refractivity contribution in [2.24, 2.45) is 11.8 Å². The van der Waals surface area contributed by atoms with Crippen molar-refractivity contribution in [1.82, 2.24) is 5.43 Å². The molecule has 100 valence electrons. The largest absolute Gasteiger partial charge is 0.496 e. The second-order valence-corrected chi connectivity index (χ2v) is 5.41. The van der Waals surface area contributed by atoms with Crippen LogP contribution in [0.25, 0.3) is 0 Å². The van der Waals surface area contributed by atoms with E-state index in [0.29, 0.717) is 12.0 Å².